The lowest BCUT2D eigenvalue weighted by Crippen LogP contribution is -2.19. The SMILES string of the molecule is Cc1nnc(CSC(Cc2ccccc2)C(=O)O)o1. The first kappa shape index (κ1) is 13.6. The molecular weight excluding hydrogens is 264 g/mol. The smallest absolute Gasteiger partial charge is 0.316 e. The molecular formula is C13H14N2O3S. The molecule has 0 saturated heterocycles. The first-order valence-corrected chi connectivity index (χ1v) is 6.87. The molecule has 5 nitrogen and oxygen atoms in total. The van der Waals surface area contributed by atoms with Crippen molar-refractivity contribution < 1.29 is 14.3 Å². The maximum Gasteiger partial charge on any atom is 0.316 e. The van der Waals surface area contributed by atoms with Crippen molar-refractivity contribution in [3.63, 3.8) is 0 Å². The fraction of sp³-hybridized carbons (Fsp3) is 0.308. The Balaban J connectivity index is 1.95. The Morgan fingerprint density at radius 3 is 2.68 bits per heavy atom. The number of aromatic nitrogens is 2. The van der Waals surface area contributed by atoms with Crippen molar-refractivity contribution in [2.24, 2.45) is 0 Å². The van der Waals surface area contributed by atoms with Gasteiger partial charge >= 0.3 is 5.97 Å². The maximum atomic E-state index is 11.2. The third-order valence-corrected chi connectivity index (χ3v) is 3.70. The van der Waals surface area contributed by atoms with Gasteiger partial charge in [-0.25, -0.2) is 0 Å². The van der Waals surface area contributed by atoms with Crippen molar-refractivity contribution in [2.75, 3.05) is 0 Å². The molecule has 6 heteroatoms. The summed E-state index contributed by atoms with van der Waals surface area (Å²) in [5.74, 6) is 0.530. The monoisotopic (exact) mass is 278 g/mol. The zero-order valence-electron chi connectivity index (χ0n) is 10.4. The Hall–Kier alpha value is -1.82. The van der Waals surface area contributed by atoms with Crippen molar-refractivity contribution in [2.45, 2.75) is 24.3 Å². The van der Waals surface area contributed by atoms with Crippen LogP contribution in [0.4, 0.5) is 0 Å². The number of thioether (sulfide) groups is 1. The molecule has 2 rings (SSSR count). The molecule has 1 aromatic carbocycles. The van der Waals surface area contributed by atoms with E-state index in [2.05, 4.69) is 10.2 Å². The lowest BCUT2D eigenvalue weighted by atomic mass is 10.1. The summed E-state index contributed by atoms with van der Waals surface area (Å²) in [6.45, 7) is 1.71. The van der Waals surface area contributed by atoms with Crippen LogP contribution in [0.5, 0.6) is 0 Å². The number of nitrogens with zero attached hydrogens (tertiary/aromatic N) is 2. The van der Waals surface area contributed by atoms with Gasteiger partial charge < -0.3 is 9.52 Å². The van der Waals surface area contributed by atoms with Crippen LogP contribution in [-0.2, 0) is 17.0 Å². The van der Waals surface area contributed by atoms with Gasteiger partial charge in [0.25, 0.3) is 0 Å². The predicted octanol–water partition coefficient (Wildman–Crippen LogP) is 2.31. The van der Waals surface area contributed by atoms with E-state index < -0.39 is 11.2 Å². The van der Waals surface area contributed by atoms with Gasteiger partial charge in [-0.05, 0) is 12.0 Å². The van der Waals surface area contributed by atoms with Crippen molar-refractivity contribution in [3.8, 4) is 0 Å². The third kappa shape index (κ3) is 4.10. The Morgan fingerprint density at radius 2 is 2.11 bits per heavy atom. The average Bonchev–Trinajstić information content (AvgIpc) is 2.81. The quantitative estimate of drug-likeness (QED) is 0.873. The molecule has 1 atom stereocenters. The maximum absolute atomic E-state index is 11.2. The number of hydrogen-bond acceptors (Lipinski definition) is 5. The van der Waals surface area contributed by atoms with Gasteiger partial charge in [0.2, 0.25) is 11.8 Å². The van der Waals surface area contributed by atoms with Gasteiger partial charge in [0.05, 0.1) is 5.75 Å². The molecule has 1 aromatic heterocycles. The van der Waals surface area contributed by atoms with E-state index in [1.54, 1.807) is 6.92 Å². The van der Waals surface area contributed by atoms with Crippen LogP contribution in [0.15, 0.2) is 34.7 Å². The number of aliphatic carboxylic acids is 1. The van der Waals surface area contributed by atoms with Gasteiger partial charge in [0.1, 0.15) is 5.25 Å². The molecule has 1 N–H and O–H groups in total. The van der Waals surface area contributed by atoms with Crippen LogP contribution in [0, 0.1) is 6.92 Å². The Kier molecular flexibility index (Phi) is 4.57. The Labute approximate surface area is 115 Å². The topological polar surface area (TPSA) is 76.2 Å². The average molecular weight is 278 g/mol. The Bertz CT molecular complexity index is 542. The lowest BCUT2D eigenvalue weighted by Gasteiger charge is -2.10. The summed E-state index contributed by atoms with van der Waals surface area (Å²) in [5, 5.41) is 16.3. The number of rotatable bonds is 6. The highest BCUT2D eigenvalue weighted by Gasteiger charge is 2.19. The molecule has 2 aromatic rings. The van der Waals surface area contributed by atoms with E-state index in [0.29, 0.717) is 24.0 Å². The second-order valence-electron chi connectivity index (χ2n) is 4.04. The molecule has 0 saturated carbocycles. The van der Waals surface area contributed by atoms with Crippen molar-refractivity contribution in [1.82, 2.24) is 10.2 Å². The fourth-order valence-corrected chi connectivity index (χ4v) is 2.53. The number of carbonyl (C=O) groups is 1. The second-order valence-corrected chi connectivity index (χ2v) is 5.23. The summed E-state index contributed by atoms with van der Waals surface area (Å²) < 4.78 is 5.23. The summed E-state index contributed by atoms with van der Waals surface area (Å²) in [5.41, 5.74) is 1.00. The zero-order chi connectivity index (χ0) is 13.7. The van der Waals surface area contributed by atoms with Gasteiger partial charge in [0.15, 0.2) is 0 Å². The molecule has 0 aliphatic rings. The van der Waals surface area contributed by atoms with Gasteiger partial charge in [-0.1, -0.05) is 30.3 Å². The Morgan fingerprint density at radius 1 is 1.37 bits per heavy atom. The lowest BCUT2D eigenvalue weighted by molar-refractivity contribution is -0.136. The standard InChI is InChI=1S/C13H14N2O3S/c1-9-14-15-12(18-9)8-19-11(13(16)17)7-10-5-3-2-4-6-10/h2-6,11H,7-8H2,1H3,(H,16,17). The summed E-state index contributed by atoms with van der Waals surface area (Å²) >= 11 is 1.30. The van der Waals surface area contributed by atoms with E-state index >= 15 is 0 Å². The van der Waals surface area contributed by atoms with Crippen LogP contribution >= 0.6 is 11.8 Å². The second kappa shape index (κ2) is 6.38. The molecule has 19 heavy (non-hydrogen) atoms. The van der Waals surface area contributed by atoms with Crippen molar-refractivity contribution in [3.05, 3.63) is 47.7 Å². The molecule has 0 spiro atoms. The van der Waals surface area contributed by atoms with Crippen LogP contribution in [0.1, 0.15) is 17.3 Å². The highest BCUT2D eigenvalue weighted by Crippen LogP contribution is 2.21. The normalized spacial score (nSPS) is 12.3. The van der Waals surface area contributed by atoms with Crippen molar-refractivity contribution >= 4 is 17.7 Å². The highest BCUT2D eigenvalue weighted by atomic mass is 32.2. The number of benzene rings is 1. The van der Waals surface area contributed by atoms with E-state index in [1.165, 1.54) is 11.8 Å². The predicted molar refractivity (Wildman–Crippen MR) is 71.9 cm³/mol. The minimum Gasteiger partial charge on any atom is -0.480 e. The fourth-order valence-electron chi connectivity index (χ4n) is 1.61. The number of hydrogen-bond donors (Lipinski definition) is 1. The molecule has 1 heterocycles. The molecule has 0 aliphatic heterocycles. The minimum atomic E-state index is -0.829. The summed E-state index contributed by atoms with van der Waals surface area (Å²) in [6.07, 6.45) is 0.480. The van der Waals surface area contributed by atoms with Gasteiger partial charge in [-0.15, -0.1) is 22.0 Å². The number of aryl methyl sites for hydroxylation is 1. The molecule has 0 fully saturated rings. The van der Waals surface area contributed by atoms with E-state index in [4.69, 9.17) is 4.42 Å². The van der Waals surface area contributed by atoms with E-state index in [9.17, 15) is 9.90 Å². The van der Waals surface area contributed by atoms with Crippen LogP contribution in [0.25, 0.3) is 0 Å². The summed E-state index contributed by atoms with van der Waals surface area (Å²) in [7, 11) is 0. The van der Waals surface area contributed by atoms with Crippen LogP contribution < -0.4 is 0 Å². The first-order chi connectivity index (χ1) is 9.15. The van der Waals surface area contributed by atoms with E-state index in [-0.39, 0.29) is 0 Å². The third-order valence-electron chi connectivity index (χ3n) is 2.52. The van der Waals surface area contributed by atoms with E-state index in [0.717, 1.165) is 5.56 Å². The molecule has 1 unspecified atom stereocenters. The number of carboxylic acid groups (broad SMARTS) is 1. The van der Waals surface area contributed by atoms with Crippen LogP contribution in [0.3, 0.4) is 0 Å². The molecule has 100 valence electrons. The van der Waals surface area contributed by atoms with E-state index in [1.807, 2.05) is 30.3 Å². The molecule has 0 bridgehead atoms. The molecule has 0 aliphatic carbocycles. The largest absolute Gasteiger partial charge is 0.480 e. The summed E-state index contributed by atoms with van der Waals surface area (Å²) in [4.78, 5) is 11.2. The van der Waals surface area contributed by atoms with Gasteiger partial charge in [-0.3, -0.25) is 4.79 Å². The number of carboxylic acids is 1. The van der Waals surface area contributed by atoms with Crippen LogP contribution in [-0.4, -0.2) is 26.5 Å². The summed E-state index contributed by atoms with van der Waals surface area (Å²) in [6, 6.07) is 9.56. The molecule has 0 amide bonds. The first-order valence-electron chi connectivity index (χ1n) is 5.82. The van der Waals surface area contributed by atoms with Crippen LogP contribution in [0.2, 0.25) is 0 Å². The highest BCUT2D eigenvalue weighted by molar-refractivity contribution is 7.99. The van der Waals surface area contributed by atoms with Crippen molar-refractivity contribution in [1.29, 1.82) is 0 Å². The van der Waals surface area contributed by atoms with Gasteiger partial charge in [-0.2, -0.15) is 0 Å². The zero-order valence-corrected chi connectivity index (χ0v) is 11.3. The minimum absolute atomic E-state index is 0.407. The van der Waals surface area contributed by atoms with Gasteiger partial charge in [0, 0.05) is 6.92 Å². The molecule has 0 radical (unpaired) electrons.